The average molecular weight is 370 g/mol. The molecule has 0 aliphatic heterocycles. The minimum absolute atomic E-state index is 0.0879. The monoisotopic (exact) mass is 370 g/mol. The molecule has 2 aromatic rings. The SMILES string of the molecule is CCCn1c(SCC(=O)NCCC#N)nc2ccc(C(F)(F)F)cc21. The largest absolute Gasteiger partial charge is 0.416 e. The van der Waals surface area contributed by atoms with E-state index in [1.807, 2.05) is 13.0 Å². The minimum Gasteiger partial charge on any atom is -0.354 e. The lowest BCUT2D eigenvalue weighted by Gasteiger charge is -2.09. The summed E-state index contributed by atoms with van der Waals surface area (Å²) >= 11 is 1.17. The van der Waals surface area contributed by atoms with Gasteiger partial charge in [-0.3, -0.25) is 4.79 Å². The quantitative estimate of drug-likeness (QED) is 0.597. The van der Waals surface area contributed by atoms with Crippen LogP contribution in [0.4, 0.5) is 13.2 Å². The van der Waals surface area contributed by atoms with Gasteiger partial charge in [0.25, 0.3) is 0 Å². The van der Waals surface area contributed by atoms with Gasteiger partial charge >= 0.3 is 6.18 Å². The number of carbonyl (C=O) groups excluding carboxylic acids is 1. The molecule has 0 saturated carbocycles. The zero-order chi connectivity index (χ0) is 18.4. The zero-order valence-electron chi connectivity index (χ0n) is 13.6. The first-order valence-electron chi connectivity index (χ1n) is 7.70. The first-order valence-corrected chi connectivity index (χ1v) is 8.69. The summed E-state index contributed by atoms with van der Waals surface area (Å²) in [4.78, 5) is 16.1. The summed E-state index contributed by atoms with van der Waals surface area (Å²) in [6, 6.07) is 5.38. The number of rotatable bonds is 7. The number of amides is 1. The molecule has 9 heteroatoms. The van der Waals surface area contributed by atoms with Crippen LogP contribution in [0.15, 0.2) is 23.4 Å². The fourth-order valence-electron chi connectivity index (χ4n) is 2.27. The van der Waals surface area contributed by atoms with Gasteiger partial charge in [-0.05, 0) is 24.6 Å². The third-order valence-electron chi connectivity index (χ3n) is 3.38. The molecule has 1 aromatic heterocycles. The van der Waals surface area contributed by atoms with Crippen LogP contribution in [0.2, 0.25) is 0 Å². The third-order valence-corrected chi connectivity index (χ3v) is 4.36. The normalized spacial score (nSPS) is 11.5. The van der Waals surface area contributed by atoms with Gasteiger partial charge in [-0.15, -0.1) is 0 Å². The summed E-state index contributed by atoms with van der Waals surface area (Å²) in [5, 5.41) is 11.5. The van der Waals surface area contributed by atoms with Gasteiger partial charge in [0, 0.05) is 13.1 Å². The lowest BCUT2D eigenvalue weighted by Crippen LogP contribution is -2.26. The first-order chi connectivity index (χ1) is 11.9. The minimum atomic E-state index is -4.41. The highest BCUT2D eigenvalue weighted by Crippen LogP contribution is 2.33. The Morgan fingerprint density at radius 1 is 1.44 bits per heavy atom. The molecule has 1 heterocycles. The molecule has 0 spiro atoms. The van der Waals surface area contributed by atoms with Crippen LogP contribution in [-0.2, 0) is 17.5 Å². The fraction of sp³-hybridized carbons (Fsp3) is 0.438. The smallest absolute Gasteiger partial charge is 0.354 e. The number of imidazole rings is 1. The Kier molecular flexibility index (Phi) is 6.31. The van der Waals surface area contributed by atoms with Gasteiger partial charge in [-0.1, -0.05) is 18.7 Å². The van der Waals surface area contributed by atoms with Crippen molar-refractivity contribution in [2.45, 2.75) is 37.6 Å². The van der Waals surface area contributed by atoms with Crippen LogP contribution >= 0.6 is 11.8 Å². The van der Waals surface area contributed by atoms with Gasteiger partial charge in [0.2, 0.25) is 5.91 Å². The summed E-state index contributed by atoms with van der Waals surface area (Å²) < 4.78 is 40.5. The van der Waals surface area contributed by atoms with Crippen LogP contribution in [0.1, 0.15) is 25.3 Å². The second kappa shape index (κ2) is 8.25. The van der Waals surface area contributed by atoms with Crippen LogP contribution in [-0.4, -0.2) is 27.8 Å². The predicted molar refractivity (Wildman–Crippen MR) is 89.0 cm³/mol. The molecule has 0 aliphatic carbocycles. The maximum absolute atomic E-state index is 12.9. The number of carbonyl (C=O) groups is 1. The van der Waals surface area contributed by atoms with E-state index in [0.29, 0.717) is 22.7 Å². The molecule has 0 bridgehead atoms. The van der Waals surface area contributed by atoms with Crippen molar-refractivity contribution in [2.24, 2.45) is 0 Å². The number of nitrogens with zero attached hydrogens (tertiary/aromatic N) is 3. The third kappa shape index (κ3) is 4.89. The first kappa shape index (κ1) is 19.1. The molecule has 0 atom stereocenters. The second-order valence-electron chi connectivity index (χ2n) is 5.29. The number of benzene rings is 1. The number of halogens is 3. The fourth-order valence-corrected chi connectivity index (χ4v) is 3.14. The van der Waals surface area contributed by atoms with Crippen LogP contribution < -0.4 is 5.32 Å². The van der Waals surface area contributed by atoms with Crippen molar-refractivity contribution < 1.29 is 18.0 Å². The topological polar surface area (TPSA) is 70.7 Å². The van der Waals surface area contributed by atoms with E-state index in [1.165, 1.54) is 17.8 Å². The molecule has 0 saturated heterocycles. The van der Waals surface area contributed by atoms with Crippen molar-refractivity contribution in [1.82, 2.24) is 14.9 Å². The average Bonchev–Trinajstić information content (AvgIpc) is 2.90. The van der Waals surface area contributed by atoms with E-state index >= 15 is 0 Å². The van der Waals surface area contributed by atoms with Crippen molar-refractivity contribution in [3.8, 4) is 6.07 Å². The van der Waals surface area contributed by atoms with E-state index in [1.54, 1.807) is 4.57 Å². The summed E-state index contributed by atoms with van der Waals surface area (Å²) in [5.74, 6) is -0.156. The molecule has 1 amide bonds. The standard InChI is InChI=1S/C16H17F3N4OS/c1-2-8-23-13-9-11(16(17,18)19)4-5-12(13)22-15(23)25-10-14(24)21-7-3-6-20/h4-5,9H,2-3,7-8,10H2,1H3,(H,21,24). The lowest BCUT2D eigenvalue weighted by molar-refractivity contribution is -0.137. The van der Waals surface area contributed by atoms with Gasteiger partial charge < -0.3 is 9.88 Å². The van der Waals surface area contributed by atoms with Gasteiger partial charge in [-0.2, -0.15) is 18.4 Å². The van der Waals surface area contributed by atoms with Crippen LogP contribution in [0.3, 0.4) is 0 Å². The summed E-state index contributed by atoms with van der Waals surface area (Å²) in [7, 11) is 0. The van der Waals surface area contributed by atoms with E-state index in [-0.39, 0.29) is 24.6 Å². The molecular weight excluding hydrogens is 353 g/mol. The van der Waals surface area contributed by atoms with Crippen molar-refractivity contribution in [3.63, 3.8) is 0 Å². The Morgan fingerprint density at radius 2 is 2.20 bits per heavy atom. The van der Waals surface area contributed by atoms with E-state index < -0.39 is 11.7 Å². The summed E-state index contributed by atoms with van der Waals surface area (Å²) in [6.45, 7) is 2.70. The molecule has 0 unspecified atom stereocenters. The van der Waals surface area contributed by atoms with Crippen LogP contribution in [0, 0.1) is 11.3 Å². The number of nitrogens with one attached hydrogen (secondary N) is 1. The van der Waals surface area contributed by atoms with E-state index in [4.69, 9.17) is 5.26 Å². The van der Waals surface area contributed by atoms with Gasteiger partial charge in [0.1, 0.15) is 0 Å². The predicted octanol–water partition coefficient (Wildman–Crippen LogP) is 3.59. The van der Waals surface area contributed by atoms with Crippen LogP contribution in [0.25, 0.3) is 11.0 Å². The van der Waals surface area contributed by atoms with Crippen LogP contribution in [0.5, 0.6) is 0 Å². The van der Waals surface area contributed by atoms with E-state index in [2.05, 4.69) is 10.3 Å². The number of aromatic nitrogens is 2. The lowest BCUT2D eigenvalue weighted by atomic mass is 10.2. The van der Waals surface area contributed by atoms with Crippen molar-refractivity contribution >= 4 is 28.7 Å². The maximum Gasteiger partial charge on any atom is 0.416 e. The molecule has 2 rings (SSSR count). The van der Waals surface area contributed by atoms with Crippen molar-refractivity contribution in [2.75, 3.05) is 12.3 Å². The number of thioether (sulfide) groups is 1. The highest BCUT2D eigenvalue weighted by molar-refractivity contribution is 7.99. The molecule has 1 aromatic carbocycles. The highest BCUT2D eigenvalue weighted by atomic mass is 32.2. The molecular formula is C16H17F3N4OS. The van der Waals surface area contributed by atoms with Crippen molar-refractivity contribution in [3.05, 3.63) is 23.8 Å². The molecule has 0 aliphatic rings. The van der Waals surface area contributed by atoms with Gasteiger partial charge in [0.05, 0.1) is 34.8 Å². The molecule has 134 valence electrons. The molecule has 5 nitrogen and oxygen atoms in total. The molecule has 0 fully saturated rings. The maximum atomic E-state index is 12.9. The number of aryl methyl sites for hydroxylation is 1. The highest BCUT2D eigenvalue weighted by Gasteiger charge is 2.31. The van der Waals surface area contributed by atoms with Crippen molar-refractivity contribution in [1.29, 1.82) is 5.26 Å². The zero-order valence-corrected chi connectivity index (χ0v) is 14.4. The number of alkyl halides is 3. The molecule has 0 radical (unpaired) electrons. The summed E-state index contributed by atoms with van der Waals surface area (Å²) in [5.41, 5.74) is 0.154. The Hall–Kier alpha value is -2.21. The number of fused-ring (bicyclic) bond motifs is 1. The number of hydrogen-bond donors (Lipinski definition) is 1. The van der Waals surface area contributed by atoms with E-state index in [0.717, 1.165) is 18.6 Å². The second-order valence-corrected chi connectivity index (χ2v) is 6.24. The Balaban J connectivity index is 2.23. The number of nitriles is 1. The van der Waals surface area contributed by atoms with Gasteiger partial charge in [-0.25, -0.2) is 4.98 Å². The summed E-state index contributed by atoms with van der Waals surface area (Å²) in [6.07, 6.45) is -3.46. The van der Waals surface area contributed by atoms with E-state index in [9.17, 15) is 18.0 Å². The Morgan fingerprint density at radius 3 is 2.84 bits per heavy atom. The number of hydrogen-bond acceptors (Lipinski definition) is 4. The molecule has 25 heavy (non-hydrogen) atoms. The Bertz CT molecular complexity index is 795. The Labute approximate surface area is 147 Å². The molecule has 1 N–H and O–H groups in total. The van der Waals surface area contributed by atoms with Gasteiger partial charge in [0.15, 0.2) is 5.16 Å².